The van der Waals surface area contributed by atoms with E-state index in [1.807, 2.05) is 0 Å². The molecule has 0 aromatic heterocycles. The van der Waals surface area contributed by atoms with Crippen LogP contribution in [0.1, 0.15) is 0 Å². The highest BCUT2D eigenvalue weighted by Gasteiger charge is 2.15. The van der Waals surface area contributed by atoms with Crippen LogP contribution in [-0.4, -0.2) is 0 Å². The van der Waals surface area contributed by atoms with E-state index in [-0.39, 0.29) is 0 Å². The average molecular weight is 698 g/mol. The SMILES string of the molecule is c1ccc(N(c2ccc(-c3ccc4c5ccccc5c5ccccc5c4c3)cc2)c2ccc(-c3ccc4c5ccccc5c5ccccc5c4c3)cc2)cc1. The lowest BCUT2D eigenvalue weighted by molar-refractivity contribution is 1.28. The molecule has 11 aromatic carbocycles. The van der Waals surface area contributed by atoms with Crippen molar-refractivity contribution in [3.8, 4) is 22.3 Å². The third-order valence-corrected chi connectivity index (χ3v) is 11.4. The minimum atomic E-state index is 1.11. The molecule has 1 nitrogen and oxygen atoms in total. The molecule has 0 heterocycles. The second kappa shape index (κ2) is 12.7. The fourth-order valence-corrected chi connectivity index (χ4v) is 8.80. The molecular formula is C54H35N. The van der Waals surface area contributed by atoms with E-state index in [2.05, 4.69) is 217 Å². The van der Waals surface area contributed by atoms with E-state index in [4.69, 9.17) is 0 Å². The van der Waals surface area contributed by atoms with Crippen molar-refractivity contribution in [3.63, 3.8) is 0 Å². The van der Waals surface area contributed by atoms with Crippen LogP contribution in [0, 0.1) is 0 Å². The van der Waals surface area contributed by atoms with E-state index in [0.717, 1.165) is 17.1 Å². The van der Waals surface area contributed by atoms with Crippen LogP contribution < -0.4 is 4.90 Å². The predicted octanol–water partition coefficient (Wildman–Crippen LogP) is 15.4. The molecular weight excluding hydrogens is 663 g/mol. The molecule has 0 amide bonds. The van der Waals surface area contributed by atoms with Crippen molar-refractivity contribution in [2.45, 2.75) is 0 Å². The van der Waals surface area contributed by atoms with Crippen LogP contribution in [0.5, 0.6) is 0 Å². The van der Waals surface area contributed by atoms with Crippen LogP contribution in [0.3, 0.4) is 0 Å². The number of rotatable bonds is 5. The Labute approximate surface area is 320 Å². The van der Waals surface area contributed by atoms with E-state index in [1.54, 1.807) is 0 Å². The first-order valence-electron chi connectivity index (χ1n) is 19.0. The van der Waals surface area contributed by atoms with Gasteiger partial charge in [0.15, 0.2) is 0 Å². The van der Waals surface area contributed by atoms with Crippen molar-refractivity contribution in [2.75, 3.05) is 4.90 Å². The molecule has 0 saturated heterocycles. The molecule has 1 heteroatoms. The number of para-hydroxylation sites is 1. The maximum absolute atomic E-state index is 2.37. The van der Waals surface area contributed by atoms with Crippen LogP contribution in [0.15, 0.2) is 212 Å². The molecule has 0 saturated carbocycles. The Morgan fingerprint density at radius 2 is 0.436 bits per heavy atom. The minimum Gasteiger partial charge on any atom is -0.311 e. The highest BCUT2D eigenvalue weighted by Crippen LogP contribution is 2.41. The van der Waals surface area contributed by atoms with Gasteiger partial charge in [0.2, 0.25) is 0 Å². The highest BCUT2D eigenvalue weighted by atomic mass is 15.1. The lowest BCUT2D eigenvalue weighted by Gasteiger charge is -2.26. The van der Waals surface area contributed by atoms with Crippen molar-refractivity contribution in [3.05, 3.63) is 212 Å². The first-order valence-corrected chi connectivity index (χ1v) is 19.0. The third-order valence-electron chi connectivity index (χ3n) is 11.4. The molecule has 0 atom stereocenters. The summed E-state index contributed by atoms with van der Waals surface area (Å²) in [6.07, 6.45) is 0. The van der Waals surface area contributed by atoms with Gasteiger partial charge in [0, 0.05) is 17.1 Å². The normalized spacial score (nSPS) is 11.6. The summed E-state index contributed by atoms with van der Waals surface area (Å²) in [6.45, 7) is 0. The standard InChI is InChI=1S/C54H35N/c1-2-12-40(13-3-1)55(41-28-22-36(23-29-41)38-26-32-51-47-18-6-4-14-43(47)45-16-8-10-20-49(45)53(51)34-38)42-30-24-37(25-31-42)39-27-33-52-48-19-7-5-15-44(48)46-17-9-11-21-50(46)54(52)35-39/h1-35H. The topological polar surface area (TPSA) is 3.24 Å². The van der Waals surface area contributed by atoms with Gasteiger partial charge >= 0.3 is 0 Å². The Kier molecular flexibility index (Phi) is 7.25. The summed E-state index contributed by atoms with van der Waals surface area (Å²) >= 11 is 0. The highest BCUT2D eigenvalue weighted by molar-refractivity contribution is 6.27. The number of hydrogen-bond donors (Lipinski definition) is 0. The third kappa shape index (κ3) is 5.16. The molecule has 0 aliphatic rings. The molecule has 0 N–H and O–H groups in total. The van der Waals surface area contributed by atoms with Gasteiger partial charge in [0.25, 0.3) is 0 Å². The molecule has 0 aliphatic heterocycles. The number of anilines is 3. The summed E-state index contributed by atoms with van der Waals surface area (Å²) in [7, 11) is 0. The molecule has 0 fully saturated rings. The fraction of sp³-hybridized carbons (Fsp3) is 0. The van der Waals surface area contributed by atoms with Crippen LogP contribution in [0.2, 0.25) is 0 Å². The van der Waals surface area contributed by atoms with Crippen molar-refractivity contribution in [1.82, 2.24) is 0 Å². The zero-order valence-electron chi connectivity index (χ0n) is 30.2. The van der Waals surface area contributed by atoms with Crippen molar-refractivity contribution >= 4 is 81.7 Å². The van der Waals surface area contributed by atoms with Crippen LogP contribution in [0.25, 0.3) is 86.9 Å². The average Bonchev–Trinajstić information content (AvgIpc) is 3.27. The van der Waals surface area contributed by atoms with Gasteiger partial charge in [-0.15, -0.1) is 0 Å². The smallest absolute Gasteiger partial charge is 0.0462 e. The van der Waals surface area contributed by atoms with Gasteiger partial charge in [-0.3, -0.25) is 0 Å². The van der Waals surface area contributed by atoms with E-state index in [0.29, 0.717) is 0 Å². The molecule has 0 spiro atoms. The Balaban J connectivity index is 0.969. The van der Waals surface area contributed by atoms with E-state index >= 15 is 0 Å². The van der Waals surface area contributed by atoms with Crippen LogP contribution in [0.4, 0.5) is 17.1 Å². The molecule has 11 aromatic rings. The molecule has 0 radical (unpaired) electrons. The zero-order valence-corrected chi connectivity index (χ0v) is 30.2. The Hall–Kier alpha value is -7.22. The number of benzene rings is 11. The zero-order chi connectivity index (χ0) is 36.3. The lowest BCUT2D eigenvalue weighted by atomic mass is 9.92. The van der Waals surface area contributed by atoms with Gasteiger partial charge in [0.1, 0.15) is 0 Å². The monoisotopic (exact) mass is 697 g/mol. The summed E-state index contributed by atoms with van der Waals surface area (Å²) in [5, 5.41) is 15.5. The fourth-order valence-electron chi connectivity index (χ4n) is 8.80. The maximum atomic E-state index is 2.37. The molecule has 55 heavy (non-hydrogen) atoms. The van der Waals surface area contributed by atoms with Gasteiger partial charge in [0.05, 0.1) is 0 Å². The number of nitrogens with zero attached hydrogens (tertiary/aromatic N) is 1. The van der Waals surface area contributed by atoms with E-state index in [9.17, 15) is 0 Å². The Morgan fingerprint density at radius 3 is 0.782 bits per heavy atom. The van der Waals surface area contributed by atoms with E-state index < -0.39 is 0 Å². The summed E-state index contributed by atoms with van der Waals surface area (Å²) in [6, 6.07) is 77.6. The molecule has 0 unspecified atom stereocenters. The molecule has 256 valence electrons. The quantitative estimate of drug-likeness (QED) is 0.162. The Bertz CT molecular complexity index is 2960. The number of fused-ring (bicyclic) bond motifs is 12. The second-order valence-corrected chi connectivity index (χ2v) is 14.5. The predicted molar refractivity (Wildman–Crippen MR) is 237 cm³/mol. The first kappa shape index (κ1) is 31.3. The van der Waals surface area contributed by atoms with Crippen LogP contribution in [-0.2, 0) is 0 Å². The second-order valence-electron chi connectivity index (χ2n) is 14.5. The minimum absolute atomic E-state index is 1.11. The van der Waals surface area contributed by atoms with Gasteiger partial charge in [-0.2, -0.15) is 0 Å². The summed E-state index contributed by atoms with van der Waals surface area (Å²) in [5.74, 6) is 0. The maximum Gasteiger partial charge on any atom is 0.0462 e. The first-order chi connectivity index (χ1) is 27.3. The Morgan fingerprint density at radius 1 is 0.182 bits per heavy atom. The lowest BCUT2D eigenvalue weighted by Crippen LogP contribution is -2.09. The van der Waals surface area contributed by atoms with Crippen LogP contribution >= 0.6 is 0 Å². The van der Waals surface area contributed by atoms with E-state index in [1.165, 1.54) is 86.9 Å². The summed E-state index contributed by atoms with van der Waals surface area (Å²) in [4.78, 5) is 2.34. The molecule has 11 rings (SSSR count). The van der Waals surface area contributed by atoms with Crippen molar-refractivity contribution in [2.24, 2.45) is 0 Å². The number of hydrogen-bond acceptors (Lipinski definition) is 1. The van der Waals surface area contributed by atoms with Gasteiger partial charge < -0.3 is 4.90 Å². The molecule has 0 aliphatic carbocycles. The van der Waals surface area contributed by atoms with Crippen molar-refractivity contribution < 1.29 is 0 Å². The van der Waals surface area contributed by atoms with Crippen molar-refractivity contribution in [1.29, 1.82) is 0 Å². The summed E-state index contributed by atoms with van der Waals surface area (Å²) < 4.78 is 0. The van der Waals surface area contributed by atoms with Gasteiger partial charge in [-0.25, -0.2) is 0 Å². The largest absolute Gasteiger partial charge is 0.311 e. The summed E-state index contributed by atoms with van der Waals surface area (Å²) in [5.41, 5.74) is 8.17. The van der Waals surface area contributed by atoms with Gasteiger partial charge in [-0.05, 0) is 135 Å². The molecule has 0 bridgehead atoms. The van der Waals surface area contributed by atoms with Gasteiger partial charge in [-0.1, -0.05) is 164 Å².